The van der Waals surface area contributed by atoms with E-state index in [-0.39, 0.29) is 0 Å². The van der Waals surface area contributed by atoms with Crippen molar-refractivity contribution in [3.8, 4) is 0 Å². The third-order valence-corrected chi connectivity index (χ3v) is 3.40. The number of benzene rings is 2. The Kier molecular flexibility index (Phi) is 3.79. The molecule has 2 aromatic carbocycles. The van der Waals surface area contributed by atoms with Crippen molar-refractivity contribution in [3.05, 3.63) is 53.1 Å². The zero-order valence-electron chi connectivity index (χ0n) is 12.1. The fourth-order valence-corrected chi connectivity index (χ4v) is 2.26. The van der Waals surface area contributed by atoms with Crippen LogP contribution in [0.1, 0.15) is 36.5 Å². The van der Waals surface area contributed by atoms with Crippen molar-refractivity contribution in [2.45, 2.75) is 33.6 Å². The first-order valence-corrected chi connectivity index (χ1v) is 6.71. The van der Waals surface area contributed by atoms with Crippen molar-refractivity contribution in [3.63, 3.8) is 0 Å². The van der Waals surface area contributed by atoms with Crippen molar-refractivity contribution in [1.82, 2.24) is 0 Å². The Labute approximate surface area is 115 Å². The summed E-state index contributed by atoms with van der Waals surface area (Å²) in [6, 6.07) is 12.5. The summed E-state index contributed by atoms with van der Waals surface area (Å²) in [6.45, 7) is 8.62. The number of nitrogens with one attached hydrogen (secondary N) is 1. The summed E-state index contributed by atoms with van der Waals surface area (Å²) in [5.41, 5.74) is 12.8. The summed E-state index contributed by atoms with van der Waals surface area (Å²) in [6.07, 6.45) is 0. The third kappa shape index (κ3) is 2.90. The molecule has 0 spiro atoms. The molecule has 0 atom stereocenters. The van der Waals surface area contributed by atoms with Crippen molar-refractivity contribution in [1.29, 1.82) is 0 Å². The molecule has 3 N–H and O–H groups in total. The van der Waals surface area contributed by atoms with Crippen molar-refractivity contribution >= 4 is 17.1 Å². The number of para-hydroxylation sites is 1. The quantitative estimate of drug-likeness (QED) is 0.775. The van der Waals surface area contributed by atoms with Gasteiger partial charge >= 0.3 is 0 Å². The van der Waals surface area contributed by atoms with E-state index < -0.39 is 0 Å². The highest BCUT2D eigenvalue weighted by Crippen LogP contribution is 2.32. The van der Waals surface area contributed by atoms with Crippen LogP contribution in [-0.2, 0) is 0 Å². The first-order valence-electron chi connectivity index (χ1n) is 6.71. The van der Waals surface area contributed by atoms with Gasteiger partial charge in [-0.05, 0) is 48.6 Å². The molecule has 0 radical (unpaired) electrons. The third-order valence-electron chi connectivity index (χ3n) is 3.40. The smallest absolute Gasteiger partial charge is 0.0620 e. The summed E-state index contributed by atoms with van der Waals surface area (Å²) < 4.78 is 0. The highest BCUT2D eigenvalue weighted by molar-refractivity contribution is 5.76. The van der Waals surface area contributed by atoms with E-state index in [1.54, 1.807) is 0 Å². The predicted octanol–water partition coefficient (Wildman–Crippen LogP) is 4.75. The number of anilines is 3. The monoisotopic (exact) mass is 254 g/mol. The number of hydrogen-bond acceptors (Lipinski definition) is 2. The highest BCUT2D eigenvalue weighted by atomic mass is 14.9. The maximum atomic E-state index is 6.05. The second-order valence-corrected chi connectivity index (χ2v) is 5.41. The topological polar surface area (TPSA) is 38.0 Å². The summed E-state index contributed by atoms with van der Waals surface area (Å²) >= 11 is 0. The summed E-state index contributed by atoms with van der Waals surface area (Å²) in [5, 5.41) is 3.51. The molecule has 0 aromatic heterocycles. The van der Waals surface area contributed by atoms with Crippen LogP contribution >= 0.6 is 0 Å². The molecule has 0 saturated heterocycles. The highest BCUT2D eigenvalue weighted by Gasteiger charge is 2.10. The van der Waals surface area contributed by atoms with Gasteiger partial charge in [0, 0.05) is 5.69 Å². The van der Waals surface area contributed by atoms with Crippen LogP contribution in [0.4, 0.5) is 17.1 Å². The lowest BCUT2D eigenvalue weighted by molar-refractivity contribution is 0.867. The minimum absolute atomic E-state index is 0.480. The zero-order valence-corrected chi connectivity index (χ0v) is 12.1. The first-order chi connectivity index (χ1) is 8.99. The Bertz CT molecular complexity index is 586. The molecule has 0 bridgehead atoms. The molecule has 19 heavy (non-hydrogen) atoms. The van der Waals surface area contributed by atoms with Gasteiger partial charge in [-0.25, -0.2) is 0 Å². The van der Waals surface area contributed by atoms with Gasteiger partial charge < -0.3 is 11.1 Å². The van der Waals surface area contributed by atoms with Crippen LogP contribution in [0.25, 0.3) is 0 Å². The van der Waals surface area contributed by atoms with E-state index in [0.717, 1.165) is 11.4 Å². The fraction of sp³-hybridized carbons (Fsp3) is 0.294. The van der Waals surface area contributed by atoms with Crippen LogP contribution in [0.15, 0.2) is 36.4 Å². The molecular weight excluding hydrogens is 232 g/mol. The molecule has 0 aliphatic carbocycles. The Hall–Kier alpha value is -1.96. The Morgan fingerprint density at radius 2 is 1.79 bits per heavy atom. The van der Waals surface area contributed by atoms with Gasteiger partial charge in [-0.15, -0.1) is 0 Å². The molecule has 0 fully saturated rings. The van der Waals surface area contributed by atoms with Gasteiger partial charge in [-0.3, -0.25) is 0 Å². The number of nitrogens with two attached hydrogens (primary N) is 1. The molecule has 0 amide bonds. The Morgan fingerprint density at radius 3 is 2.47 bits per heavy atom. The Balaban J connectivity index is 2.46. The van der Waals surface area contributed by atoms with Crippen LogP contribution in [0.3, 0.4) is 0 Å². The number of aryl methyl sites for hydroxylation is 2. The molecule has 0 heterocycles. The van der Waals surface area contributed by atoms with Gasteiger partial charge in [0.2, 0.25) is 0 Å². The molecule has 2 nitrogen and oxygen atoms in total. The maximum absolute atomic E-state index is 6.05. The normalized spacial score (nSPS) is 10.8. The largest absolute Gasteiger partial charge is 0.397 e. The van der Waals surface area contributed by atoms with E-state index in [2.05, 4.69) is 57.3 Å². The zero-order chi connectivity index (χ0) is 14.0. The van der Waals surface area contributed by atoms with Gasteiger partial charge in [-0.2, -0.15) is 0 Å². The molecule has 2 heteroatoms. The standard InChI is InChI=1S/C17H22N2/c1-11(2)14-7-5-6-13(4)17(14)19-16-10-12(3)8-9-15(16)18/h5-11,19H,18H2,1-4H3. The van der Waals surface area contributed by atoms with Crippen molar-refractivity contribution < 1.29 is 0 Å². The first kappa shape index (κ1) is 13.5. The molecule has 2 aromatic rings. The maximum Gasteiger partial charge on any atom is 0.0620 e. The average Bonchev–Trinajstić information content (AvgIpc) is 2.35. The number of rotatable bonds is 3. The minimum Gasteiger partial charge on any atom is -0.397 e. The predicted molar refractivity (Wildman–Crippen MR) is 84.1 cm³/mol. The lowest BCUT2D eigenvalue weighted by atomic mass is 9.98. The van der Waals surface area contributed by atoms with Crippen molar-refractivity contribution in [2.24, 2.45) is 0 Å². The van der Waals surface area contributed by atoms with E-state index in [0.29, 0.717) is 5.92 Å². The van der Waals surface area contributed by atoms with Crippen molar-refractivity contribution in [2.75, 3.05) is 11.1 Å². The average molecular weight is 254 g/mol. The summed E-state index contributed by atoms with van der Waals surface area (Å²) in [7, 11) is 0. The summed E-state index contributed by atoms with van der Waals surface area (Å²) in [5.74, 6) is 0.480. The Morgan fingerprint density at radius 1 is 1.05 bits per heavy atom. The molecule has 0 aliphatic heterocycles. The second kappa shape index (κ2) is 5.35. The lowest BCUT2D eigenvalue weighted by Gasteiger charge is -2.18. The van der Waals surface area contributed by atoms with Crippen LogP contribution in [0.2, 0.25) is 0 Å². The fourth-order valence-electron chi connectivity index (χ4n) is 2.26. The van der Waals surface area contributed by atoms with E-state index in [4.69, 9.17) is 5.73 Å². The second-order valence-electron chi connectivity index (χ2n) is 5.41. The number of nitrogen functional groups attached to an aromatic ring is 1. The van der Waals surface area contributed by atoms with E-state index in [9.17, 15) is 0 Å². The van der Waals surface area contributed by atoms with Crippen LogP contribution < -0.4 is 11.1 Å². The molecular formula is C17H22N2. The van der Waals surface area contributed by atoms with Gasteiger partial charge in [-0.1, -0.05) is 38.1 Å². The number of hydrogen-bond donors (Lipinski definition) is 2. The van der Waals surface area contributed by atoms with E-state index >= 15 is 0 Å². The van der Waals surface area contributed by atoms with Gasteiger partial charge in [0.15, 0.2) is 0 Å². The molecule has 0 unspecified atom stereocenters. The van der Waals surface area contributed by atoms with Gasteiger partial charge in [0.1, 0.15) is 0 Å². The van der Waals surface area contributed by atoms with E-state index in [1.165, 1.54) is 22.4 Å². The van der Waals surface area contributed by atoms with Gasteiger partial charge in [0.25, 0.3) is 0 Å². The SMILES string of the molecule is Cc1ccc(N)c(Nc2c(C)cccc2C(C)C)c1. The van der Waals surface area contributed by atoms with Crippen LogP contribution in [0.5, 0.6) is 0 Å². The molecule has 2 rings (SSSR count). The lowest BCUT2D eigenvalue weighted by Crippen LogP contribution is -2.02. The summed E-state index contributed by atoms with van der Waals surface area (Å²) in [4.78, 5) is 0. The van der Waals surface area contributed by atoms with Gasteiger partial charge in [0.05, 0.1) is 11.4 Å². The molecule has 0 aliphatic rings. The van der Waals surface area contributed by atoms with Crippen LogP contribution in [0, 0.1) is 13.8 Å². The molecule has 100 valence electrons. The van der Waals surface area contributed by atoms with Crippen LogP contribution in [-0.4, -0.2) is 0 Å². The molecule has 0 saturated carbocycles. The minimum atomic E-state index is 0.480. The van der Waals surface area contributed by atoms with E-state index in [1.807, 2.05) is 12.1 Å².